The highest BCUT2D eigenvalue weighted by Crippen LogP contribution is 2.09. The summed E-state index contributed by atoms with van der Waals surface area (Å²) in [5.41, 5.74) is 0.571. The maximum atomic E-state index is 11.7. The van der Waals surface area contributed by atoms with Crippen molar-refractivity contribution in [3.8, 4) is 0 Å². The van der Waals surface area contributed by atoms with Crippen LogP contribution in [0.25, 0.3) is 6.08 Å². The molecular formula is C13H11NO2. The third kappa shape index (κ3) is 2.45. The number of hydrogen-bond acceptors (Lipinski definition) is 3. The molecule has 2 aromatic heterocycles. The Morgan fingerprint density at radius 1 is 1.38 bits per heavy atom. The highest BCUT2D eigenvalue weighted by atomic mass is 16.3. The normalized spacial score (nSPS) is 10.8. The zero-order chi connectivity index (χ0) is 11.4. The zero-order valence-electron chi connectivity index (χ0n) is 8.88. The van der Waals surface area contributed by atoms with E-state index in [0.717, 1.165) is 5.76 Å². The summed E-state index contributed by atoms with van der Waals surface area (Å²) in [6, 6.07) is 7.14. The predicted octanol–water partition coefficient (Wildman–Crippen LogP) is 2.88. The van der Waals surface area contributed by atoms with E-state index < -0.39 is 0 Å². The molecule has 0 aliphatic heterocycles. The molecule has 2 aromatic rings. The number of rotatable bonds is 3. The van der Waals surface area contributed by atoms with E-state index in [1.807, 2.05) is 19.1 Å². The second kappa shape index (κ2) is 4.57. The number of carbonyl (C=O) groups excluding carboxylic acids is 1. The number of carbonyl (C=O) groups is 1. The molecule has 3 nitrogen and oxygen atoms in total. The molecule has 0 aliphatic carbocycles. The van der Waals surface area contributed by atoms with E-state index >= 15 is 0 Å². The van der Waals surface area contributed by atoms with E-state index in [0.29, 0.717) is 11.3 Å². The largest absolute Gasteiger partial charge is 0.462 e. The van der Waals surface area contributed by atoms with E-state index in [9.17, 15) is 4.79 Å². The lowest BCUT2D eigenvalue weighted by molar-refractivity contribution is 0.104. The summed E-state index contributed by atoms with van der Waals surface area (Å²) < 4.78 is 5.32. The Morgan fingerprint density at radius 2 is 2.25 bits per heavy atom. The molecule has 0 spiro atoms. The average Bonchev–Trinajstić information content (AvgIpc) is 2.73. The number of furan rings is 1. The van der Waals surface area contributed by atoms with Gasteiger partial charge in [-0.2, -0.15) is 0 Å². The van der Waals surface area contributed by atoms with Crippen molar-refractivity contribution < 1.29 is 9.21 Å². The lowest BCUT2D eigenvalue weighted by Crippen LogP contribution is -1.93. The van der Waals surface area contributed by atoms with E-state index in [4.69, 9.17) is 4.42 Å². The van der Waals surface area contributed by atoms with Gasteiger partial charge in [-0.05, 0) is 43.3 Å². The van der Waals surface area contributed by atoms with Gasteiger partial charge in [-0.25, -0.2) is 0 Å². The van der Waals surface area contributed by atoms with E-state index in [2.05, 4.69) is 4.98 Å². The maximum absolute atomic E-state index is 11.7. The van der Waals surface area contributed by atoms with Crippen LogP contribution < -0.4 is 0 Å². The van der Waals surface area contributed by atoms with Gasteiger partial charge in [0.1, 0.15) is 11.5 Å². The van der Waals surface area contributed by atoms with Crippen molar-refractivity contribution in [2.45, 2.75) is 6.92 Å². The molecule has 16 heavy (non-hydrogen) atoms. The summed E-state index contributed by atoms with van der Waals surface area (Å²) >= 11 is 0. The number of nitrogens with zero attached hydrogens (tertiary/aromatic N) is 1. The minimum Gasteiger partial charge on any atom is -0.462 e. The first-order valence-electron chi connectivity index (χ1n) is 4.94. The molecule has 0 bridgehead atoms. The summed E-state index contributed by atoms with van der Waals surface area (Å²) in [6.07, 6.45) is 6.31. The molecule has 0 fully saturated rings. The van der Waals surface area contributed by atoms with Crippen molar-refractivity contribution in [2.24, 2.45) is 0 Å². The molecule has 2 rings (SSSR count). The van der Waals surface area contributed by atoms with Gasteiger partial charge in [0, 0.05) is 18.0 Å². The molecule has 0 atom stereocenters. The minimum atomic E-state index is -0.0813. The van der Waals surface area contributed by atoms with Crippen molar-refractivity contribution in [3.05, 3.63) is 59.8 Å². The van der Waals surface area contributed by atoms with Crippen LogP contribution in [0, 0.1) is 6.92 Å². The maximum Gasteiger partial charge on any atom is 0.187 e. The highest BCUT2D eigenvalue weighted by Gasteiger charge is 2.00. The third-order valence-electron chi connectivity index (χ3n) is 2.11. The topological polar surface area (TPSA) is 43.1 Å². The van der Waals surface area contributed by atoms with Crippen molar-refractivity contribution in [1.29, 1.82) is 0 Å². The zero-order valence-corrected chi connectivity index (χ0v) is 8.88. The van der Waals surface area contributed by atoms with Crippen molar-refractivity contribution in [3.63, 3.8) is 0 Å². The lowest BCUT2D eigenvalue weighted by Gasteiger charge is -1.92. The van der Waals surface area contributed by atoms with Gasteiger partial charge in [-0.1, -0.05) is 0 Å². The van der Waals surface area contributed by atoms with Crippen LogP contribution in [-0.4, -0.2) is 10.8 Å². The van der Waals surface area contributed by atoms with Gasteiger partial charge in [-0.3, -0.25) is 9.78 Å². The fourth-order valence-corrected chi connectivity index (χ4v) is 1.31. The highest BCUT2D eigenvalue weighted by molar-refractivity contribution is 6.06. The molecule has 0 saturated carbocycles. The Labute approximate surface area is 93.4 Å². The molecule has 0 aromatic carbocycles. The van der Waals surface area contributed by atoms with Gasteiger partial charge < -0.3 is 4.42 Å². The molecule has 0 amide bonds. The molecule has 0 N–H and O–H groups in total. The summed E-state index contributed by atoms with van der Waals surface area (Å²) in [7, 11) is 0. The van der Waals surface area contributed by atoms with Crippen LogP contribution in [0.5, 0.6) is 0 Å². The van der Waals surface area contributed by atoms with Gasteiger partial charge in [0.25, 0.3) is 0 Å². The second-order valence-corrected chi connectivity index (χ2v) is 3.39. The fourth-order valence-electron chi connectivity index (χ4n) is 1.31. The van der Waals surface area contributed by atoms with Crippen LogP contribution in [0.2, 0.25) is 0 Å². The number of hydrogen-bond donors (Lipinski definition) is 0. The number of pyridine rings is 1. The van der Waals surface area contributed by atoms with Crippen LogP contribution in [0.1, 0.15) is 21.9 Å². The summed E-state index contributed by atoms with van der Waals surface area (Å²) in [4.78, 5) is 15.5. The monoisotopic (exact) mass is 213 g/mol. The Kier molecular flexibility index (Phi) is 2.96. The molecule has 0 radical (unpaired) electrons. The van der Waals surface area contributed by atoms with Crippen LogP contribution in [0.3, 0.4) is 0 Å². The van der Waals surface area contributed by atoms with Gasteiger partial charge >= 0.3 is 0 Å². The van der Waals surface area contributed by atoms with Gasteiger partial charge in [0.15, 0.2) is 5.78 Å². The quantitative estimate of drug-likeness (QED) is 0.581. The minimum absolute atomic E-state index is 0.0813. The number of aryl methyl sites for hydroxylation is 1. The molecule has 2 heterocycles. The summed E-state index contributed by atoms with van der Waals surface area (Å²) in [5.74, 6) is 1.42. The number of aromatic nitrogens is 1. The van der Waals surface area contributed by atoms with Crippen molar-refractivity contribution >= 4 is 11.9 Å². The number of allylic oxidation sites excluding steroid dienone is 1. The molecule has 3 heteroatoms. The SMILES string of the molecule is Cc1ccc(C=CC(=O)c2cccnc2)o1. The van der Waals surface area contributed by atoms with Gasteiger partial charge in [0.2, 0.25) is 0 Å². The van der Waals surface area contributed by atoms with Crippen molar-refractivity contribution in [1.82, 2.24) is 4.98 Å². The Balaban J connectivity index is 2.11. The van der Waals surface area contributed by atoms with Crippen LogP contribution in [0.4, 0.5) is 0 Å². The first-order valence-corrected chi connectivity index (χ1v) is 4.94. The second-order valence-electron chi connectivity index (χ2n) is 3.39. The molecule has 0 aliphatic rings. The Morgan fingerprint density at radius 3 is 2.88 bits per heavy atom. The molecule has 0 saturated heterocycles. The first-order chi connectivity index (χ1) is 7.75. The van der Waals surface area contributed by atoms with Crippen molar-refractivity contribution in [2.75, 3.05) is 0 Å². The fraction of sp³-hybridized carbons (Fsp3) is 0.0769. The Hall–Kier alpha value is -2.16. The predicted molar refractivity (Wildman–Crippen MR) is 61.0 cm³/mol. The third-order valence-corrected chi connectivity index (χ3v) is 2.11. The molecule has 0 unspecified atom stereocenters. The standard InChI is InChI=1S/C13H11NO2/c1-10-4-5-12(16-10)6-7-13(15)11-3-2-8-14-9-11/h2-9H,1H3. The van der Waals surface area contributed by atoms with E-state index in [1.54, 1.807) is 30.6 Å². The average molecular weight is 213 g/mol. The van der Waals surface area contributed by atoms with E-state index in [1.165, 1.54) is 6.08 Å². The summed E-state index contributed by atoms with van der Waals surface area (Å²) in [6.45, 7) is 1.86. The smallest absolute Gasteiger partial charge is 0.187 e. The van der Waals surface area contributed by atoms with Crippen LogP contribution >= 0.6 is 0 Å². The van der Waals surface area contributed by atoms with Gasteiger partial charge in [-0.15, -0.1) is 0 Å². The molecule has 80 valence electrons. The van der Waals surface area contributed by atoms with Crippen LogP contribution in [-0.2, 0) is 0 Å². The van der Waals surface area contributed by atoms with Crippen LogP contribution in [0.15, 0.2) is 47.2 Å². The number of ketones is 1. The summed E-state index contributed by atoms with van der Waals surface area (Å²) in [5, 5.41) is 0. The van der Waals surface area contributed by atoms with E-state index in [-0.39, 0.29) is 5.78 Å². The Bertz CT molecular complexity index is 512. The first kappa shape index (κ1) is 10.4. The molecular weight excluding hydrogens is 202 g/mol. The lowest BCUT2D eigenvalue weighted by atomic mass is 10.2. The van der Waals surface area contributed by atoms with Gasteiger partial charge in [0.05, 0.1) is 0 Å².